The van der Waals surface area contributed by atoms with Crippen molar-refractivity contribution < 1.29 is 9.90 Å². The van der Waals surface area contributed by atoms with Crippen LogP contribution in [0.1, 0.15) is 33.1 Å². The Balaban J connectivity index is 2.40. The molecule has 0 saturated heterocycles. The number of allylic oxidation sites excluding steroid dienone is 2. The second kappa shape index (κ2) is 3.85. The van der Waals surface area contributed by atoms with Crippen molar-refractivity contribution in [3.05, 3.63) is 23.8 Å². The van der Waals surface area contributed by atoms with Gasteiger partial charge in [-0.25, -0.2) is 0 Å². The van der Waals surface area contributed by atoms with Crippen LogP contribution in [0.3, 0.4) is 0 Å². The first-order valence-electron chi connectivity index (χ1n) is 5.99. The Kier molecular flexibility index (Phi) is 2.79. The molecule has 2 aliphatic rings. The number of ketones is 1. The number of Topliss-reactive ketones (excluding diaryl/α,β-unsaturated/α-hetero) is 1. The zero-order valence-corrected chi connectivity index (χ0v) is 10.1. The fourth-order valence-electron chi connectivity index (χ4n) is 3.30. The van der Waals surface area contributed by atoms with E-state index in [9.17, 15) is 9.90 Å². The molecule has 3 atom stereocenters. The Hall–Kier alpha value is -0.890. The third-order valence-electron chi connectivity index (χ3n) is 4.64. The third kappa shape index (κ3) is 1.47. The summed E-state index contributed by atoms with van der Waals surface area (Å²) in [5.41, 5.74) is 2.08. The topological polar surface area (TPSA) is 37.3 Å². The highest BCUT2D eigenvalue weighted by Crippen LogP contribution is 2.53. The van der Waals surface area contributed by atoms with Crippen LogP contribution in [0.25, 0.3) is 0 Å². The lowest BCUT2D eigenvalue weighted by molar-refractivity contribution is -0.128. The Bertz CT molecular complexity index is 367. The molecule has 0 radical (unpaired) electrons. The molecule has 0 aliphatic heterocycles. The molecule has 2 rings (SSSR count). The summed E-state index contributed by atoms with van der Waals surface area (Å²) in [5, 5.41) is 9.34. The van der Waals surface area contributed by atoms with Crippen LogP contribution < -0.4 is 0 Å². The predicted molar refractivity (Wildman–Crippen MR) is 63.9 cm³/mol. The van der Waals surface area contributed by atoms with E-state index in [1.807, 2.05) is 6.92 Å². The second-order valence-corrected chi connectivity index (χ2v) is 5.40. The highest BCUT2D eigenvalue weighted by atomic mass is 16.3. The molecule has 2 heteroatoms. The quantitative estimate of drug-likeness (QED) is 0.726. The minimum absolute atomic E-state index is 0.0349. The minimum Gasteiger partial charge on any atom is -0.392 e. The zero-order chi connectivity index (χ0) is 11.9. The summed E-state index contributed by atoms with van der Waals surface area (Å²) in [6.07, 6.45) is 4.59. The maximum atomic E-state index is 11.9. The normalized spacial score (nSPS) is 38.2. The third-order valence-corrected chi connectivity index (χ3v) is 4.64. The van der Waals surface area contributed by atoms with Gasteiger partial charge in [0.15, 0.2) is 0 Å². The molecule has 0 aromatic carbocycles. The van der Waals surface area contributed by atoms with Crippen LogP contribution in [-0.2, 0) is 4.79 Å². The fourth-order valence-corrected chi connectivity index (χ4v) is 3.30. The average Bonchev–Trinajstić information content (AvgIpc) is 2.27. The molecule has 16 heavy (non-hydrogen) atoms. The van der Waals surface area contributed by atoms with Gasteiger partial charge in [0.1, 0.15) is 5.78 Å². The highest BCUT2D eigenvalue weighted by Gasteiger charge is 2.48. The van der Waals surface area contributed by atoms with Gasteiger partial charge in [-0.15, -0.1) is 0 Å². The fraction of sp³-hybridized carbons (Fsp3) is 0.643. The molecule has 0 aromatic heterocycles. The summed E-state index contributed by atoms with van der Waals surface area (Å²) in [4.78, 5) is 11.9. The minimum atomic E-state index is -0.0349. The number of carbonyl (C=O) groups excluding carboxylic acids is 1. The SMILES string of the molecule is C=C(CO)C12CC=C(C)C(C1)C(=O)CC2C. The van der Waals surface area contributed by atoms with Crippen molar-refractivity contribution in [1.29, 1.82) is 0 Å². The molecule has 2 bridgehead atoms. The van der Waals surface area contributed by atoms with Crippen LogP contribution in [0.2, 0.25) is 0 Å². The Morgan fingerprint density at radius 1 is 1.69 bits per heavy atom. The summed E-state index contributed by atoms with van der Waals surface area (Å²) >= 11 is 0. The van der Waals surface area contributed by atoms with Gasteiger partial charge < -0.3 is 5.11 Å². The van der Waals surface area contributed by atoms with Gasteiger partial charge >= 0.3 is 0 Å². The van der Waals surface area contributed by atoms with Gasteiger partial charge in [0.25, 0.3) is 0 Å². The van der Waals surface area contributed by atoms with Gasteiger partial charge in [0.05, 0.1) is 6.61 Å². The number of hydrogen-bond donors (Lipinski definition) is 1. The summed E-state index contributed by atoms with van der Waals surface area (Å²) in [5.74, 6) is 0.746. The van der Waals surface area contributed by atoms with Crippen molar-refractivity contribution in [2.75, 3.05) is 6.61 Å². The summed E-state index contributed by atoms with van der Waals surface area (Å²) in [7, 11) is 0. The summed E-state index contributed by atoms with van der Waals surface area (Å²) < 4.78 is 0. The van der Waals surface area contributed by atoms with Gasteiger partial charge in [-0.2, -0.15) is 0 Å². The van der Waals surface area contributed by atoms with E-state index in [2.05, 4.69) is 19.6 Å². The van der Waals surface area contributed by atoms with E-state index in [1.54, 1.807) is 0 Å². The van der Waals surface area contributed by atoms with E-state index in [0.29, 0.717) is 18.1 Å². The van der Waals surface area contributed by atoms with E-state index < -0.39 is 0 Å². The van der Waals surface area contributed by atoms with Crippen molar-refractivity contribution in [1.82, 2.24) is 0 Å². The van der Waals surface area contributed by atoms with Crippen molar-refractivity contribution in [3.63, 3.8) is 0 Å². The van der Waals surface area contributed by atoms with E-state index >= 15 is 0 Å². The van der Waals surface area contributed by atoms with Crippen molar-refractivity contribution in [3.8, 4) is 0 Å². The molecule has 88 valence electrons. The molecule has 0 aromatic rings. The Morgan fingerprint density at radius 3 is 3.00 bits per heavy atom. The number of hydrogen-bond acceptors (Lipinski definition) is 2. The van der Waals surface area contributed by atoms with Crippen LogP contribution in [-0.4, -0.2) is 17.5 Å². The van der Waals surface area contributed by atoms with Crippen molar-refractivity contribution >= 4 is 5.78 Å². The number of carbonyl (C=O) groups is 1. The maximum Gasteiger partial charge on any atom is 0.140 e. The number of aliphatic hydroxyl groups is 1. The van der Waals surface area contributed by atoms with Crippen molar-refractivity contribution in [2.24, 2.45) is 17.3 Å². The average molecular weight is 220 g/mol. The smallest absolute Gasteiger partial charge is 0.140 e. The molecule has 2 nitrogen and oxygen atoms in total. The first-order valence-corrected chi connectivity index (χ1v) is 5.99. The molecule has 1 N–H and O–H groups in total. The number of aliphatic hydroxyl groups excluding tert-OH is 1. The first kappa shape index (κ1) is 11.6. The van der Waals surface area contributed by atoms with Gasteiger partial charge in [0.2, 0.25) is 0 Å². The number of fused-ring (bicyclic) bond motifs is 2. The molecular weight excluding hydrogens is 200 g/mol. The molecule has 0 heterocycles. The molecular formula is C14H20O2. The summed E-state index contributed by atoms with van der Waals surface area (Å²) in [6.45, 7) is 8.22. The largest absolute Gasteiger partial charge is 0.392 e. The van der Waals surface area contributed by atoms with Gasteiger partial charge in [-0.05, 0) is 31.3 Å². The molecule has 1 saturated carbocycles. The van der Waals surface area contributed by atoms with Crippen LogP contribution in [0, 0.1) is 17.3 Å². The van der Waals surface area contributed by atoms with Gasteiger partial charge in [-0.3, -0.25) is 4.79 Å². The van der Waals surface area contributed by atoms with Crippen LogP contribution in [0.4, 0.5) is 0 Å². The standard InChI is InChI=1S/C14H20O2/c1-9-4-5-14(11(3)8-15)7-12(9)13(16)6-10(14)2/h4,10,12,15H,3,5-8H2,1-2H3. The summed E-state index contributed by atoms with van der Waals surface area (Å²) in [6, 6.07) is 0. The second-order valence-electron chi connectivity index (χ2n) is 5.40. The predicted octanol–water partition coefficient (Wildman–Crippen LogP) is 2.49. The van der Waals surface area contributed by atoms with Crippen LogP contribution in [0.15, 0.2) is 23.8 Å². The lowest BCUT2D eigenvalue weighted by Crippen LogP contribution is -2.44. The van der Waals surface area contributed by atoms with Gasteiger partial charge in [0, 0.05) is 17.8 Å². The molecule has 0 amide bonds. The van der Waals surface area contributed by atoms with E-state index in [4.69, 9.17) is 0 Å². The van der Waals surface area contributed by atoms with E-state index in [0.717, 1.165) is 18.4 Å². The van der Waals surface area contributed by atoms with E-state index in [-0.39, 0.29) is 17.9 Å². The van der Waals surface area contributed by atoms with Crippen LogP contribution in [0.5, 0.6) is 0 Å². The Morgan fingerprint density at radius 2 is 2.38 bits per heavy atom. The first-order chi connectivity index (χ1) is 7.51. The zero-order valence-electron chi connectivity index (χ0n) is 10.1. The molecule has 2 aliphatic carbocycles. The number of rotatable bonds is 2. The molecule has 3 unspecified atom stereocenters. The monoisotopic (exact) mass is 220 g/mol. The highest BCUT2D eigenvalue weighted by molar-refractivity contribution is 5.85. The van der Waals surface area contributed by atoms with Gasteiger partial charge in [-0.1, -0.05) is 25.2 Å². The lowest BCUT2D eigenvalue weighted by atomic mass is 9.55. The molecule has 0 spiro atoms. The van der Waals surface area contributed by atoms with E-state index in [1.165, 1.54) is 5.57 Å². The van der Waals surface area contributed by atoms with Crippen LogP contribution >= 0.6 is 0 Å². The maximum absolute atomic E-state index is 11.9. The Labute approximate surface area is 97.0 Å². The lowest BCUT2D eigenvalue weighted by Gasteiger charge is -2.49. The molecule has 1 fully saturated rings. The van der Waals surface area contributed by atoms with Crippen molar-refractivity contribution in [2.45, 2.75) is 33.1 Å².